The lowest BCUT2D eigenvalue weighted by Gasteiger charge is -2.19. The van der Waals surface area contributed by atoms with E-state index in [2.05, 4.69) is 17.0 Å². The Hall–Kier alpha value is -2.17. The van der Waals surface area contributed by atoms with Gasteiger partial charge in [0.05, 0.1) is 17.3 Å². The summed E-state index contributed by atoms with van der Waals surface area (Å²) in [6.45, 7) is 5.72. The second-order valence-electron chi connectivity index (χ2n) is 4.52. The Labute approximate surface area is 112 Å². The lowest BCUT2D eigenvalue weighted by Crippen LogP contribution is -2.39. The van der Waals surface area contributed by atoms with Crippen LogP contribution in [-0.4, -0.2) is 21.6 Å². The number of imide groups is 1. The van der Waals surface area contributed by atoms with Gasteiger partial charge in [-0.2, -0.15) is 5.10 Å². The van der Waals surface area contributed by atoms with Gasteiger partial charge in [0.15, 0.2) is 0 Å². The number of piperidine rings is 1. The normalized spacial score (nSPS) is 19.8. The molecule has 1 atom stereocenters. The summed E-state index contributed by atoms with van der Waals surface area (Å²) in [5, 5.41) is 6.78. The van der Waals surface area contributed by atoms with Gasteiger partial charge in [0.1, 0.15) is 0 Å². The fraction of sp³-hybridized carbons (Fsp3) is 0.357. The van der Waals surface area contributed by atoms with E-state index in [0.717, 1.165) is 11.3 Å². The summed E-state index contributed by atoms with van der Waals surface area (Å²) in [5.41, 5.74) is 2.46. The van der Waals surface area contributed by atoms with Crippen molar-refractivity contribution in [3.05, 3.63) is 29.6 Å². The molecule has 100 valence electrons. The second kappa shape index (κ2) is 5.22. The summed E-state index contributed by atoms with van der Waals surface area (Å²) >= 11 is 0. The number of carbonyl (C=O) groups excluding carboxylic acids is 2. The Balaban J connectivity index is 2.45. The molecule has 5 heteroatoms. The van der Waals surface area contributed by atoms with Crippen molar-refractivity contribution in [1.29, 1.82) is 0 Å². The van der Waals surface area contributed by atoms with Gasteiger partial charge in [-0.25, -0.2) is 0 Å². The quantitative estimate of drug-likeness (QED) is 0.839. The van der Waals surface area contributed by atoms with E-state index in [1.54, 1.807) is 10.8 Å². The number of rotatable bonds is 3. The minimum Gasteiger partial charge on any atom is -0.296 e. The van der Waals surface area contributed by atoms with E-state index in [1.807, 2.05) is 26.1 Å². The van der Waals surface area contributed by atoms with E-state index in [0.29, 0.717) is 18.5 Å². The van der Waals surface area contributed by atoms with Crippen LogP contribution in [0.15, 0.2) is 12.7 Å². The molecule has 0 radical (unpaired) electrons. The van der Waals surface area contributed by atoms with Gasteiger partial charge in [0.2, 0.25) is 11.8 Å². The Kier molecular flexibility index (Phi) is 3.64. The number of carbonyl (C=O) groups is 2. The highest BCUT2D eigenvalue weighted by molar-refractivity contribution is 6.01. The third-order valence-corrected chi connectivity index (χ3v) is 3.26. The molecule has 1 fully saturated rings. The smallest absolute Gasteiger partial charge is 0.235 e. The van der Waals surface area contributed by atoms with Gasteiger partial charge in [0.25, 0.3) is 0 Å². The van der Waals surface area contributed by atoms with Crippen LogP contribution in [0.25, 0.3) is 12.2 Å². The van der Waals surface area contributed by atoms with Gasteiger partial charge in [-0.1, -0.05) is 18.7 Å². The van der Waals surface area contributed by atoms with Crippen LogP contribution in [0.4, 0.5) is 0 Å². The Bertz CT molecular complexity index is 569. The van der Waals surface area contributed by atoms with Crippen LogP contribution in [0.2, 0.25) is 0 Å². The van der Waals surface area contributed by atoms with Gasteiger partial charge >= 0.3 is 0 Å². The summed E-state index contributed by atoms with van der Waals surface area (Å²) in [4.78, 5) is 23.1. The number of nitrogens with zero attached hydrogens (tertiary/aromatic N) is 2. The molecule has 1 N–H and O–H groups in total. The molecule has 1 aliphatic heterocycles. The molecular weight excluding hydrogens is 242 g/mol. The molecule has 0 aromatic carbocycles. The number of hydrogen-bond acceptors (Lipinski definition) is 3. The van der Waals surface area contributed by atoms with Gasteiger partial charge in [-0.3, -0.25) is 19.6 Å². The predicted molar refractivity (Wildman–Crippen MR) is 73.1 cm³/mol. The van der Waals surface area contributed by atoms with Crippen molar-refractivity contribution in [2.45, 2.75) is 25.7 Å². The van der Waals surface area contributed by atoms with Gasteiger partial charge in [0, 0.05) is 19.0 Å². The molecule has 1 aromatic heterocycles. The van der Waals surface area contributed by atoms with Gasteiger partial charge in [-0.05, 0) is 19.4 Å². The molecule has 1 saturated heterocycles. The molecule has 5 nitrogen and oxygen atoms in total. The first kappa shape index (κ1) is 13.3. The molecular formula is C14H17N3O2. The maximum Gasteiger partial charge on any atom is 0.235 e. The average Bonchev–Trinajstić information content (AvgIpc) is 2.66. The highest BCUT2D eigenvalue weighted by atomic mass is 16.2. The zero-order valence-corrected chi connectivity index (χ0v) is 11.1. The summed E-state index contributed by atoms with van der Waals surface area (Å²) in [6, 6.07) is 0. The standard InChI is InChI=1S/C14H17N3O2/c1-4-6-11-9(5-2)13(16-17(11)3)10-7-8-12(18)15-14(10)19/h4-6,10H,2,7-8H2,1,3H3,(H,15,18,19)/b6-4-. The van der Waals surface area contributed by atoms with Crippen molar-refractivity contribution in [3.8, 4) is 0 Å². The molecule has 1 aromatic rings. The molecule has 2 amide bonds. The topological polar surface area (TPSA) is 64.0 Å². The first-order valence-electron chi connectivity index (χ1n) is 6.24. The lowest BCUT2D eigenvalue weighted by molar-refractivity contribution is -0.134. The first-order valence-corrected chi connectivity index (χ1v) is 6.24. The van der Waals surface area contributed by atoms with Crippen LogP contribution in [0.3, 0.4) is 0 Å². The summed E-state index contributed by atoms with van der Waals surface area (Å²) in [5.74, 6) is -0.869. The number of hydrogen-bond donors (Lipinski definition) is 1. The monoisotopic (exact) mass is 259 g/mol. The summed E-state index contributed by atoms with van der Waals surface area (Å²) in [7, 11) is 1.83. The molecule has 19 heavy (non-hydrogen) atoms. The molecule has 2 heterocycles. The van der Waals surface area contributed by atoms with Crippen molar-refractivity contribution < 1.29 is 9.59 Å². The maximum atomic E-state index is 11.9. The van der Waals surface area contributed by atoms with E-state index in [4.69, 9.17) is 0 Å². The van der Waals surface area contributed by atoms with Crippen LogP contribution in [-0.2, 0) is 16.6 Å². The fourth-order valence-corrected chi connectivity index (χ4v) is 2.35. The number of aryl methyl sites for hydroxylation is 1. The Morgan fingerprint density at radius 1 is 1.47 bits per heavy atom. The number of allylic oxidation sites excluding steroid dienone is 1. The average molecular weight is 259 g/mol. The molecule has 0 saturated carbocycles. The predicted octanol–water partition coefficient (Wildman–Crippen LogP) is 1.62. The third kappa shape index (κ3) is 2.36. The maximum absolute atomic E-state index is 11.9. The molecule has 1 aliphatic rings. The van der Waals surface area contributed by atoms with E-state index in [1.165, 1.54) is 0 Å². The van der Waals surface area contributed by atoms with Crippen molar-refractivity contribution in [2.24, 2.45) is 7.05 Å². The Morgan fingerprint density at radius 2 is 2.21 bits per heavy atom. The number of amides is 2. The van der Waals surface area contributed by atoms with E-state index < -0.39 is 0 Å². The zero-order chi connectivity index (χ0) is 14.0. The first-order chi connectivity index (χ1) is 9.08. The van der Waals surface area contributed by atoms with E-state index in [9.17, 15) is 9.59 Å². The van der Waals surface area contributed by atoms with Crippen molar-refractivity contribution >= 4 is 24.0 Å². The Morgan fingerprint density at radius 3 is 2.79 bits per heavy atom. The van der Waals surface area contributed by atoms with E-state index in [-0.39, 0.29) is 17.7 Å². The van der Waals surface area contributed by atoms with E-state index >= 15 is 0 Å². The van der Waals surface area contributed by atoms with Crippen molar-refractivity contribution in [3.63, 3.8) is 0 Å². The third-order valence-electron chi connectivity index (χ3n) is 3.26. The largest absolute Gasteiger partial charge is 0.296 e. The summed E-state index contributed by atoms with van der Waals surface area (Å²) in [6.07, 6.45) is 6.40. The van der Waals surface area contributed by atoms with Gasteiger partial charge in [-0.15, -0.1) is 0 Å². The lowest BCUT2D eigenvalue weighted by atomic mass is 9.91. The zero-order valence-electron chi connectivity index (χ0n) is 11.1. The number of nitrogens with one attached hydrogen (secondary N) is 1. The highest BCUT2D eigenvalue weighted by Gasteiger charge is 2.32. The second-order valence-corrected chi connectivity index (χ2v) is 4.52. The van der Waals surface area contributed by atoms with Crippen molar-refractivity contribution in [2.75, 3.05) is 0 Å². The minimum absolute atomic E-state index is 0.217. The summed E-state index contributed by atoms with van der Waals surface area (Å²) < 4.78 is 1.73. The minimum atomic E-state index is -0.379. The molecule has 0 aliphatic carbocycles. The van der Waals surface area contributed by atoms with Crippen LogP contribution < -0.4 is 5.32 Å². The SMILES string of the molecule is C=Cc1c(C2CCC(=O)NC2=O)nn(C)c1/C=C\C. The van der Waals surface area contributed by atoms with Crippen LogP contribution in [0.5, 0.6) is 0 Å². The van der Waals surface area contributed by atoms with Crippen LogP contribution in [0, 0.1) is 0 Å². The number of aromatic nitrogens is 2. The molecule has 0 spiro atoms. The molecule has 2 rings (SSSR count). The van der Waals surface area contributed by atoms with Gasteiger partial charge < -0.3 is 0 Å². The molecule has 0 bridgehead atoms. The van der Waals surface area contributed by atoms with Crippen LogP contribution in [0.1, 0.15) is 42.6 Å². The van der Waals surface area contributed by atoms with Crippen molar-refractivity contribution in [1.82, 2.24) is 15.1 Å². The molecule has 1 unspecified atom stereocenters. The van der Waals surface area contributed by atoms with Crippen LogP contribution >= 0.6 is 0 Å². The highest BCUT2D eigenvalue weighted by Crippen LogP contribution is 2.29. The fourth-order valence-electron chi connectivity index (χ4n) is 2.35.